The Balaban J connectivity index is 0.000000225. The second-order valence-corrected chi connectivity index (χ2v) is 29.0. The number of hydrogen-bond donors (Lipinski definition) is 1. The number of hydrogen-bond acceptors (Lipinski definition) is 14. The largest absolute Gasteiger partial charge is 0.488 e. The Labute approximate surface area is 435 Å². The number of piperazine rings is 2. The molecule has 1 N–H and O–H groups in total. The standard InChI is InChI=1S/C32H48N6O4Si.C22H27N5O.2CH4/c1-22-18-36(19-23(2)38(22)30(39)42-31(3,4)5)28-17-27(33-20-34-28)29-25-16-24(41-32(6)12-13-32)10-11-26(25)35-37(29)21-40-14-15-43(7,8)9;1-14-11-27(12-15(2)26-14)20-9-19(24-13-25-20)21-18-8-17(28-22(3)6-7-22)5-4-16(18)10-23-21;;/h10-11,16-17,20,22-23H,12-15,18-19,21H2,1-9H3;4-5,8-9,13-15,26H,6-7,10-12H2,1-3H3;2*1H4/t22-,23+;14-,15+;;. The number of anilines is 2. The van der Waals surface area contributed by atoms with Crippen molar-refractivity contribution in [3.8, 4) is 22.9 Å². The summed E-state index contributed by atoms with van der Waals surface area (Å²) in [5.41, 5.74) is 6.10. The van der Waals surface area contributed by atoms with Gasteiger partial charge in [0.1, 0.15) is 59.3 Å². The van der Waals surface area contributed by atoms with Crippen LogP contribution >= 0.6 is 0 Å². The zero-order chi connectivity index (χ0) is 50.5. The van der Waals surface area contributed by atoms with E-state index in [0.717, 1.165) is 107 Å². The first kappa shape index (κ1) is 55.1. The highest BCUT2D eigenvalue weighted by Gasteiger charge is 2.41. The maximum Gasteiger partial charge on any atom is 0.410 e. The number of fused-ring (bicyclic) bond motifs is 2. The zero-order valence-corrected chi connectivity index (χ0v) is 45.1. The van der Waals surface area contributed by atoms with Crippen LogP contribution in [0.4, 0.5) is 16.4 Å². The van der Waals surface area contributed by atoms with Crippen LogP contribution in [0.1, 0.15) is 120 Å². The van der Waals surface area contributed by atoms with Gasteiger partial charge < -0.3 is 34.1 Å². The first-order valence-corrected chi connectivity index (χ1v) is 29.4. The molecule has 2 saturated heterocycles. The fourth-order valence-electron chi connectivity index (χ4n) is 9.64. The third-order valence-electron chi connectivity index (χ3n) is 13.8. The average molecular weight is 1020 g/mol. The number of amides is 1. The van der Waals surface area contributed by atoms with Gasteiger partial charge in [0.2, 0.25) is 0 Å². The minimum absolute atomic E-state index is 0. The minimum atomic E-state index is -1.22. The quantitative estimate of drug-likeness (QED) is 0.0878. The minimum Gasteiger partial charge on any atom is -0.488 e. The molecule has 73 heavy (non-hydrogen) atoms. The number of ether oxygens (including phenoxy) is 4. The molecule has 10 rings (SSSR count). The molecule has 1 amide bonds. The lowest BCUT2D eigenvalue weighted by Gasteiger charge is -2.44. The average Bonchev–Trinajstić information content (AvgIpc) is 4.11. The molecule has 4 fully saturated rings. The second kappa shape index (κ2) is 21.7. The highest BCUT2D eigenvalue weighted by Crippen LogP contribution is 2.42. The number of nitrogens with zero attached hydrogens (tertiary/aromatic N) is 10. The number of aliphatic imine (C=N–C) groups is 1. The molecule has 6 heterocycles. The van der Waals surface area contributed by atoms with Crippen LogP contribution < -0.4 is 24.6 Å². The Morgan fingerprint density at radius 2 is 1.32 bits per heavy atom. The first-order valence-electron chi connectivity index (χ1n) is 25.7. The van der Waals surface area contributed by atoms with Gasteiger partial charge in [0.25, 0.3) is 0 Å². The predicted octanol–water partition coefficient (Wildman–Crippen LogP) is 10.8. The van der Waals surface area contributed by atoms with Crippen molar-refractivity contribution in [3.63, 3.8) is 0 Å². The smallest absolute Gasteiger partial charge is 0.410 e. The van der Waals surface area contributed by atoms with Crippen molar-refractivity contribution in [3.05, 3.63) is 78.0 Å². The summed E-state index contributed by atoms with van der Waals surface area (Å²) in [4.78, 5) is 42.6. The summed E-state index contributed by atoms with van der Waals surface area (Å²) in [6.45, 7) is 30.5. The molecular formula is C56H83N11O5Si. The van der Waals surface area contributed by atoms with Crippen molar-refractivity contribution in [2.45, 2.75) is 183 Å². The van der Waals surface area contributed by atoms with Gasteiger partial charge in [-0.1, -0.05) is 40.6 Å². The lowest BCUT2D eigenvalue weighted by atomic mass is 10.0. The van der Waals surface area contributed by atoms with Crippen LogP contribution in [-0.4, -0.2) is 128 Å². The number of nitrogens with one attached hydrogen (secondary N) is 1. The highest BCUT2D eigenvalue weighted by atomic mass is 28.3. The van der Waals surface area contributed by atoms with E-state index in [2.05, 4.69) is 122 Å². The lowest BCUT2D eigenvalue weighted by Crippen LogP contribution is -2.59. The van der Waals surface area contributed by atoms with E-state index in [9.17, 15) is 4.79 Å². The SMILES string of the molecule is C.C.C[C@@H]1CN(c2cc(-c3c4cc(OC5(C)CC5)ccc4nn3COCC[Si](C)(C)C)ncn2)C[C@H](C)N1C(=O)OC(C)(C)C.C[C@@H]1CN(c2cc(C3=NCc4ccc(OC5(C)CC5)cc43)ncn2)C[C@H](C)N1. The Morgan fingerprint density at radius 1 is 0.753 bits per heavy atom. The van der Waals surface area contributed by atoms with Crippen molar-refractivity contribution in [1.82, 2.24) is 39.9 Å². The van der Waals surface area contributed by atoms with Crippen LogP contribution in [0.3, 0.4) is 0 Å². The fraction of sp³-hybridized carbons (Fsp3) is 0.589. The number of rotatable bonds is 13. The van der Waals surface area contributed by atoms with E-state index in [4.69, 9.17) is 34.0 Å². The van der Waals surface area contributed by atoms with Gasteiger partial charge in [0.05, 0.1) is 46.9 Å². The first-order chi connectivity index (χ1) is 33.6. The third-order valence-corrected chi connectivity index (χ3v) is 15.5. The summed E-state index contributed by atoms with van der Waals surface area (Å²) in [7, 11) is -1.22. The summed E-state index contributed by atoms with van der Waals surface area (Å²) < 4.78 is 26.2. The van der Waals surface area contributed by atoms with Gasteiger partial charge >= 0.3 is 6.09 Å². The monoisotopic (exact) mass is 1020 g/mol. The van der Waals surface area contributed by atoms with Crippen LogP contribution in [-0.2, 0) is 22.7 Å². The number of benzene rings is 2. The van der Waals surface area contributed by atoms with Gasteiger partial charge in [0, 0.05) is 76.0 Å². The molecule has 0 unspecified atom stereocenters. The molecule has 2 aliphatic carbocycles. The number of aromatic nitrogens is 6. The zero-order valence-electron chi connectivity index (χ0n) is 44.1. The van der Waals surface area contributed by atoms with Crippen molar-refractivity contribution >= 4 is 42.4 Å². The van der Waals surface area contributed by atoms with Gasteiger partial charge in [-0.25, -0.2) is 29.4 Å². The van der Waals surface area contributed by atoms with E-state index in [1.807, 2.05) is 48.6 Å². The summed E-state index contributed by atoms with van der Waals surface area (Å²) in [6, 6.07) is 18.4. The molecule has 2 aromatic carbocycles. The van der Waals surface area contributed by atoms with Crippen LogP contribution in [0.25, 0.3) is 22.3 Å². The summed E-state index contributed by atoms with van der Waals surface area (Å²) in [5, 5.41) is 9.45. The molecule has 16 nitrogen and oxygen atoms in total. The molecule has 2 saturated carbocycles. The summed E-state index contributed by atoms with van der Waals surface area (Å²) in [5.74, 6) is 3.54. The molecule has 0 spiro atoms. The fourth-order valence-corrected chi connectivity index (χ4v) is 10.4. The number of carbonyl (C=O) groups excluding carboxylic acids is 1. The van der Waals surface area contributed by atoms with Crippen LogP contribution in [0, 0.1) is 0 Å². The molecular weight excluding hydrogens is 935 g/mol. The van der Waals surface area contributed by atoms with Crippen molar-refractivity contribution in [1.29, 1.82) is 0 Å². The van der Waals surface area contributed by atoms with Gasteiger partial charge in [0.15, 0.2) is 0 Å². The Bertz CT molecular complexity index is 2740. The van der Waals surface area contributed by atoms with Crippen LogP contribution in [0.2, 0.25) is 25.7 Å². The number of carbonyl (C=O) groups is 1. The molecule has 4 atom stereocenters. The van der Waals surface area contributed by atoms with E-state index in [1.54, 1.807) is 12.7 Å². The van der Waals surface area contributed by atoms with Crippen molar-refractivity contribution < 1.29 is 23.7 Å². The van der Waals surface area contributed by atoms with Gasteiger partial charge in [-0.15, -0.1) is 0 Å². The molecule has 396 valence electrons. The van der Waals surface area contributed by atoms with Gasteiger partial charge in [-0.2, -0.15) is 5.10 Å². The van der Waals surface area contributed by atoms with E-state index < -0.39 is 13.7 Å². The molecule has 5 aromatic rings. The van der Waals surface area contributed by atoms with Gasteiger partial charge in [-0.3, -0.25) is 9.89 Å². The Kier molecular flexibility index (Phi) is 16.4. The summed E-state index contributed by atoms with van der Waals surface area (Å²) >= 11 is 0. The molecule has 0 radical (unpaired) electrons. The molecule has 0 bridgehead atoms. The highest BCUT2D eigenvalue weighted by molar-refractivity contribution is 6.76. The molecule has 5 aliphatic rings. The third kappa shape index (κ3) is 13.6. The predicted molar refractivity (Wildman–Crippen MR) is 296 cm³/mol. The van der Waals surface area contributed by atoms with E-state index in [0.29, 0.717) is 45.1 Å². The topological polar surface area (TPSA) is 157 Å². The van der Waals surface area contributed by atoms with Gasteiger partial charge in [-0.05, 0) is 130 Å². The van der Waals surface area contributed by atoms with Crippen molar-refractivity contribution in [2.75, 3.05) is 42.6 Å². The Morgan fingerprint density at radius 3 is 1.90 bits per heavy atom. The second-order valence-electron chi connectivity index (χ2n) is 23.4. The van der Waals surface area contributed by atoms with Crippen molar-refractivity contribution in [2.24, 2.45) is 4.99 Å². The summed E-state index contributed by atoms with van der Waals surface area (Å²) in [6.07, 6.45) is 7.38. The molecule has 3 aliphatic heterocycles. The maximum atomic E-state index is 13.0. The van der Waals surface area contributed by atoms with Crippen LogP contribution in [0.5, 0.6) is 11.5 Å². The van der Waals surface area contributed by atoms with E-state index in [-0.39, 0.29) is 44.2 Å². The van der Waals surface area contributed by atoms with E-state index in [1.165, 1.54) is 5.56 Å². The lowest BCUT2D eigenvalue weighted by molar-refractivity contribution is 0.00558. The molecule has 3 aromatic heterocycles. The van der Waals surface area contributed by atoms with E-state index >= 15 is 0 Å². The Hall–Kier alpha value is -5.65. The molecule has 17 heteroatoms. The normalized spacial score (nSPS) is 21.7. The van der Waals surface area contributed by atoms with Crippen LogP contribution in [0.15, 0.2) is 66.2 Å². The maximum absolute atomic E-state index is 13.0.